The largest absolute Gasteiger partial charge is 0.228 e. The zero-order valence-corrected chi connectivity index (χ0v) is 12.8. The van der Waals surface area contributed by atoms with E-state index in [-0.39, 0.29) is 0 Å². The maximum Gasteiger partial charge on any atom is 0.144 e. The summed E-state index contributed by atoms with van der Waals surface area (Å²) in [6.07, 6.45) is 3.40. The van der Waals surface area contributed by atoms with Crippen LogP contribution in [0.25, 0.3) is 0 Å². The first kappa shape index (κ1) is 14.3. The molecule has 0 radical (unpaired) electrons. The van der Waals surface area contributed by atoms with Crippen molar-refractivity contribution in [3.8, 4) is 0 Å². The van der Waals surface area contributed by atoms with Crippen LogP contribution >= 0.6 is 0 Å². The Kier molecular flexibility index (Phi) is 4.36. The number of hydrogen-bond acceptors (Lipinski definition) is 2. The molecule has 21 heavy (non-hydrogen) atoms. The first-order valence-electron chi connectivity index (χ1n) is 7.41. The standard InChI is InChI=1S/C17H20N2OS/c20-21(17-12-6-2-7-13-17,19-14-8-3-9-15-19)18-16-10-4-1-5-11-16/h1-2,4-7,10-13H,3,8-9,14-15H2. The minimum absolute atomic E-state index is 0.775. The molecule has 1 aliphatic heterocycles. The molecule has 0 aliphatic carbocycles. The van der Waals surface area contributed by atoms with Crippen LogP contribution in [0.2, 0.25) is 0 Å². The second-order valence-corrected chi connectivity index (χ2v) is 7.39. The van der Waals surface area contributed by atoms with Gasteiger partial charge in [0.2, 0.25) is 0 Å². The summed E-state index contributed by atoms with van der Waals surface area (Å²) in [6, 6.07) is 19.3. The fourth-order valence-corrected chi connectivity index (χ4v) is 4.79. The lowest BCUT2D eigenvalue weighted by molar-refractivity contribution is 0.362. The first-order chi connectivity index (χ1) is 10.3. The first-order valence-corrected chi connectivity index (χ1v) is 8.89. The molecule has 1 aliphatic rings. The summed E-state index contributed by atoms with van der Waals surface area (Å²) in [5.41, 5.74) is 0.775. The molecule has 4 heteroatoms. The van der Waals surface area contributed by atoms with Crippen molar-refractivity contribution in [3.05, 3.63) is 60.7 Å². The van der Waals surface area contributed by atoms with Crippen molar-refractivity contribution >= 4 is 15.6 Å². The van der Waals surface area contributed by atoms with Gasteiger partial charge in [-0.2, -0.15) is 4.36 Å². The van der Waals surface area contributed by atoms with Crippen molar-refractivity contribution in [1.82, 2.24) is 4.31 Å². The number of benzene rings is 2. The Hall–Kier alpha value is -1.65. The van der Waals surface area contributed by atoms with Gasteiger partial charge in [0.1, 0.15) is 9.92 Å². The summed E-state index contributed by atoms with van der Waals surface area (Å²) in [4.78, 5) is 0.802. The molecule has 0 saturated carbocycles. The minimum Gasteiger partial charge on any atom is -0.228 e. The maximum absolute atomic E-state index is 13.7. The molecule has 110 valence electrons. The Morgan fingerprint density at radius 1 is 0.810 bits per heavy atom. The van der Waals surface area contributed by atoms with Gasteiger partial charge in [0.15, 0.2) is 0 Å². The van der Waals surface area contributed by atoms with Crippen LogP contribution < -0.4 is 0 Å². The molecule has 0 aromatic heterocycles. The fraction of sp³-hybridized carbons (Fsp3) is 0.294. The van der Waals surface area contributed by atoms with Crippen molar-refractivity contribution in [2.45, 2.75) is 24.2 Å². The van der Waals surface area contributed by atoms with E-state index >= 15 is 0 Å². The summed E-state index contributed by atoms with van der Waals surface area (Å²) in [7, 11) is -2.56. The predicted molar refractivity (Wildman–Crippen MR) is 86.8 cm³/mol. The molecule has 1 atom stereocenters. The topological polar surface area (TPSA) is 32.7 Å². The van der Waals surface area contributed by atoms with E-state index in [1.165, 1.54) is 6.42 Å². The Morgan fingerprint density at radius 3 is 2.00 bits per heavy atom. The van der Waals surface area contributed by atoms with Crippen LogP contribution in [0.15, 0.2) is 69.9 Å². The Morgan fingerprint density at radius 2 is 1.38 bits per heavy atom. The van der Waals surface area contributed by atoms with Gasteiger partial charge < -0.3 is 0 Å². The lowest BCUT2D eigenvalue weighted by atomic mass is 10.2. The highest BCUT2D eigenvalue weighted by atomic mass is 32.2. The molecule has 0 spiro atoms. The summed E-state index contributed by atoms with van der Waals surface area (Å²) in [5, 5.41) is 0. The Balaban J connectivity index is 2.11. The third-order valence-electron chi connectivity index (χ3n) is 3.70. The SMILES string of the molecule is O=S(=Nc1ccccc1)(c1ccccc1)N1CCCCC1. The van der Waals surface area contributed by atoms with Crippen molar-refractivity contribution < 1.29 is 4.21 Å². The van der Waals surface area contributed by atoms with Crippen LogP contribution in [0.4, 0.5) is 5.69 Å². The molecule has 2 aromatic carbocycles. The van der Waals surface area contributed by atoms with Crippen LogP contribution in [0.3, 0.4) is 0 Å². The van der Waals surface area contributed by atoms with Crippen molar-refractivity contribution in [2.75, 3.05) is 13.1 Å². The third kappa shape index (κ3) is 3.17. The predicted octanol–water partition coefficient (Wildman–Crippen LogP) is 4.25. The number of rotatable bonds is 3. The van der Waals surface area contributed by atoms with E-state index in [0.717, 1.165) is 36.5 Å². The molecule has 1 unspecified atom stereocenters. The number of nitrogens with zero attached hydrogens (tertiary/aromatic N) is 2. The molecule has 0 amide bonds. The highest BCUT2D eigenvalue weighted by molar-refractivity contribution is 7.91. The second kappa shape index (κ2) is 6.41. The zero-order valence-electron chi connectivity index (χ0n) is 12.0. The molecule has 1 saturated heterocycles. The third-order valence-corrected chi connectivity index (χ3v) is 6.11. The van der Waals surface area contributed by atoms with Gasteiger partial charge >= 0.3 is 0 Å². The van der Waals surface area contributed by atoms with Crippen LogP contribution in [-0.4, -0.2) is 21.6 Å². The second-order valence-electron chi connectivity index (χ2n) is 5.23. The molecule has 1 fully saturated rings. The fourth-order valence-electron chi connectivity index (χ4n) is 2.60. The number of hydrogen-bond donors (Lipinski definition) is 0. The zero-order chi connectivity index (χ0) is 14.5. The van der Waals surface area contributed by atoms with Crippen LogP contribution in [0.1, 0.15) is 19.3 Å². The molecule has 3 nitrogen and oxygen atoms in total. The molecule has 2 aromatic rings. The van der Waals surface area contributed by atoms with Gasteiger partial charge in [-0.15, -0.1) is 0 Å². The van der Waals surface area contributed by atoms with Gasteiger partial charge in [-0.05, 0) is 37.1 Å². The summed E-state index contributed by atoms with van der Waals surface area (Å²) < 4.78 is 20.4. The smallest absolute Gasteiger partial charge is 0.144 e. The molecule has 1 heterocycles. The average molecular weight is 300 g/mol. The molecule has 0 N–H and O–H groups in total. The lowest BCUT2D eigenvalue weighted by Crippen LogP contribution is -2.35. The van der Waals surface area contributed by atoms with Crippen LogP contribution in [0, 0.1) is 0 Å². The van der Waals surface area contributed by atoms with Crippen molar-refractivity contribution in [1.29, 1.82) is 0 Å². The van der Waals surface area contributed by atoms with E-state index in [1.54, 1.807) is 0 Å². The monoisotopic (exact) mass is 300 g/mol. The Bertz CT molecular complexity index is 685. The van der Waals surface area contributed by atoms with Gasteiger partial charge in [-0.25, -0.2) is 8.51 Å². The van der Waals surface area contributed by atoms with Gasteiger partial charge in [0, 0.05) is 13.1 Å². The highest BCUT2D eigenvalue weighted by Crippen LogP contribution is 2.26. The van der Waals surface area contributed by atoms with Gasteiger partial charge in [0.25, 0.3) is 0 Å². The van der Waals surface area contributed by atoms with E-state index in [0.29, 0.717) is 0 Å². The lowest BCUT2D eigenvalue weighted by Gasteiger charge is -2.29. The normalized spacial score (nSPS) is 18.9. The Labute approximate surface area is 126 Å². The van der Waals surface area contributed by atoms with Crippen molar-refractivity contribution in [3.63, 3.8) is 0 Å². The molecule has 3 rings (SSSR count). The number of piperidine rings is 1. The molecular formula is C17H20N2OS. The van der Waals surface area contributed by atoms with Crippen LogP contribution in [-0.2, 0) is 9.92 Å². The van der Waals surface area contributed by atoms with Gasteiger partial charge in [-0.1, -0.05) is 42.8 Å². The highest BCUT2D eigenvalue weighted by Gasteiger charge is 2.24. The van der Waals surface area contributed by atoms with E-state index in [2.05, 4.69) is 8.67 Å². The van der Waals surface area contributed by atoms with Gasteiger partial charge in [0.05, 0.1) is 10.6 Å². The maximum atomic E-state index is 13.7. The minimum atomic E-state index is -2.56. The van der Waals surface area contributed by atoms with Crippen LogP contribution in [0.5, 0.6) is 0 Å². The molecule has 0 bridgehead atoms. The van der Waals surface area contributed by atoms with E-state index < -0.39 is 9.92 Å². The van der Waals surface area contributed by atoms with E-state index in [1.807, 2.05) is 60.7 Å². The van der Waals surface area contributed by atoms with Crippen molar-refractivity contribution in [2.24, 2.45) is 4.36 Å². The van der Waals surface area contributed by atoms with E-state index in [4.69, 9.17) is 0 Å². The molecular weight excluding hydrogens is 280 g/mol. The summed E-state index contributed by atoms with van der Waals surface area (Å²) in [5.74, 6) is 0. The average Bonchev–Trinajstić information content (AvgIpc) is 2.57. The quantitative estimate of drug-likeness (QED) is 0.834. The summed E-state index contributed by atoms with van der Waals surface area (Å²) >= 11 is 0. The summed E-state index contributed by atoms with van der Waals surface area (Å²) in [6.45, 7) is 1.70. The van der Waals surface area contributed by atoms with Gasteiger partial charge in [-0.3, -0.25) is 0 Å². The van der Waals surface area contributed by atoms with E-state index in [9.17, 15) is 4.21 Å².